The molecule has 2 aliphatic rings. The fourth-order valence-electron chi connectivity index (χ4n) is 6.77. The third-order valence-corrected chi connectivity index (χ3v) is 9.95. The molecule has 4 rings (SSSR count). The fourth-order valence-corrected chi connectivity index (χ4v) is 6.77. The first-order valence-electron chi connectivity index (χ1n) is 16.3. The van der Waals surface area contributed by atoms with Crippen LogP contribution in [0, 0.1) is 17.8 Å². The van der Waals surface area contributed by atoms with E-state index in [-0.39, 0.29) is 35.8 Å². The molecule has 1 aromatic heterocycles. The van der Waals surface area contributed by atoms with Crippen LogP contribution < -0.4 is 5.32 Å². The van der Waals surface area contributed by atoms with E-state index in [0.717, 1.165) is 48.6 Å². The Bertz CT molecular complexity index is 1240. The Balaban J connectivity index is 1.48. The number of carbonyl (C=O) groups is 3. The van der Waals surface area contributed by atoms with E-state index in [1.54, 1.807) is 14.2 Å². The third-order valence-electron chi connectivity index (χ3n) is 9.95. The molecule has 7 atom stereocenters. The third kappa shape index (κ3) is 7.82. The minimum atomic E-state index is -0.814. The second-order valence-corrected chi connectivity index (χ2v) is 12.6. The lowest BCUT2D eigenvalue weighted by molar-refractivity contribution is -0.199. The van der Waals surface area contributed by atoms with Crippen molar-refractivity contribution in [1.29, 1.82) is 0 Å². The number of carbonyl (C=O) groups excluding carboxylic acids is 3. The highest BCUT2D eigenvalue weighted by atomic mass is 16.7. The molecule has 2 aliphatic heterocycles. The number of hydroxylamine groups is 2. The standard InChI is InChI=1S/C34H52N4O6/c1-7-22(2)23(3)30(42-5)20-31(39)37-16-12-15-29(37)32(43-6)24(4)33(40)36-28(34(41)38-17-10-11-18-44-38)19-25-21-35-27-14-9-8-13-26(25)27/h8-9,13-14,21-24,28-30,32,35H,7,10-12,15-20H2,1-6H3,(H,36,40)/t22?,23-,24?,28-,29-,30+,32?/m0/s1. The lowest BCUT2D eigenvalue weighted by Crippen LogP contribution is -2.55. The summed E-state index contributed by atoms with van der Waals surface area (Å²) in [6.07, 6.45) is 6.18. The molecule has 0 saturated carbocycles. The van der Waals surface area contributed by atoms with E-state index in [2.05, 4.69) is 31.1 Å². The second-order valence-electron chi connectivity index (χ2n) is 12.6. The number of methoxy groups -OCH3 is 2. The smallest absolute Gasteiger partial charge is 0.269 e. The Hall–Kier alpha value is -2.95. The highest BCUT2D eigenvalue weighted by molar-refractivity contribution is 5.90. The van der Waals surface area contributed by atoms with Crippen LogP contribution in [0.2, 0.25) is 0 Å². The van der Waals surface area contributed by atoms with Crippen molar-refractivity contribution >= 4 is 28.6 Å². The summed E-state index contributed by atoms with van der Waals surface area (Å²) in [7, 11) is 3.26. The molecule has 2 fully saturated rings. The van der Waals surface area contributed by atoms with Gasteiger partial charge in [0.2, 0.25) is 11.8 Å². The van der Waals surface area contributed by atoms with Crippen LogP contribution >= 0.6 is 0 Å². The van der Waals surface area contributed by atoms with Crippen molar-refractivity contribution in [3.05, 3.63) is 36.0 Å². The van der Waals surface area contributed by atoms with Gasteiger partial charge in [-0.15, -0.1) is 0 Å². The summed E-state index contributed by atoms with van der Waals surface area (Å²) in [5, 5.41) is 5.45. The van der Waals surface area contributed by atoms with Crippen molar-refractivity contribution in [2.45, 2.75) is 96.9 Å². The monoisotopic (exact) mass is 612 g/mol. The zero-order valence-electron chi connectivity index (χ0n) is 27.3. The minimum absolute atomic E-state index is 0.0267. The lowest BCUT2D eigenvalue weighted by atomic mass is 9.87. The highest BCUT2D eigenvalue weighted by Crippen LogP contribution is 2.30. The number of aromatic amines is 1. The number of fused-ring (bicyclic) bond motifs is 1. The number of benzene rings is 1. The number of H-pyrrole nitrogens is 1. The Morgan fingerprint density at radius 3 is 2.52 bits per heavy atom. The molecule has 0 aliphatic carbocycles. The van der Waals surface area contributed by atoms with E-state index in [0.29, 0.717) is 38.5 Å². The van der Waals surface area contributed by atoms with Crippen LogP contribution in [-0.2, 0) is 35.1 Å². The zero-order valence-corrected chi connectivity index (χ0v) is 27.3. The van der Waals surface area contributed by atoms with Gasteiger partial charge in [0.25, 0.3) is 5.91 Å². The summed E-state index contributed by atoms with van der Waals surface area (Å²) in [4.78, 5) is 52.0. The number of likely N-dealkylation sites (tertiary alicyclic amines) is 1. The number of amides is 3. The maximum Gasteiger partial charge on any atom is 0.269 e. The maximum absolute atomic E-state index is 13.9. The number of para-hydroxylation sites is 1. The van der Waals surface area contributed by atoms with E-state index < -0.39 is 18.1 Å². The Labute approximate surface area is 262 Å². The van der Waals surface area contributed by atoms with Crippen LogP contribution in [0.25, 0.3) is 10.9 Å². The van der Waals surface area contributed by atoms with Crippen molar-refractivity contribution in [2.75, 3.05) is 33.9 Å². The molecule has 10 nitrogen and oxygen atoms in total. The molecule has 2 N–H and O–H groups in total. The summed E-state index contributed by atoms with van der Waals surface area (Å²) in [6, 6.07) is 6.86. The molecule has 1 aromatic carbocycles. The first-order valence-corrected chi connectivity index (χ1v) is 16.3. The highest BCUT2D eigenvalue weighted by Gasteiger charge is 2.41. The van der Waals surface area contributed by atoms with Crippen LogP contribution in [0.5, 0.6) is 0 Å². The Morgan fingerprint density at radius 2 is 1.84 bits per heavy atom. The van der Waals surface area contributed by atoms with Crippen molar-refractivity contribution in [2.24, 2.45) is 17.8 Å². The molecule has 3 unspecified atom stereocenters. The van der Waals surface area contributed by atoms with E-state index in [1.807, 2.05) is 42.3 Å². The average Bonchev–Trinajstić information content (AvgIpc) is 3.70. The predicted molar refractivity (Wildman–Crippen MR) is 170 cm³/mol. The SMILES string of the molecule is CCC(C)[C@H](C)[C@@H](CC(=O)N1CCC[C@H]1C(OC)C(C)C(=O)N[C@@H](Cc1c[nH]c2ccccc12)C(=O)N1CCCCO1)OC. The number of hydrogen-bond acceptors (Lipinski definition) is 6. The summed E-state index contributed by atoms with van der Waals surface area (Å²) in [5.41, 5.74) is 1.92. The van der Waals surface area contributed by atoms with Gasteiger partial charge in [-0.3, -0.25) is 19.2 Å². The van der Waals surface area contributed by atoms with Gasteiger partial charge in [-0.2, -0.15) is 0 Å². The van der Waals surface area contributed by atoms with Crippen LogP contribution in [0.4, 0.5) is 0 Å². The normalized spacial score (nSPS) is 21.5. The Kier molecular flexibility index (Phi) is 12.2. The van der Waals surface area contributed by atoms with E-state index >= 15 is 0 Å². The van der Waals surface area contributed by atoms with Crippen molar-refractivity contribution < 1.29 is 28.7 Å². The number of aromatic nitrogens is 1. The molecule has 244 valence electrons. The predicted octanol–water partition coefficient (Wildman–Crippen LogP) is 4.48. The molecule has 44 heavy (non-hydrogen) atoms. The van der Waals surface area contributed by atoms with Gasteiger partial charge in [0.05, 0.1) is 37.2 Å². The first kappa shape index (κ1) is 33.9. The molecule has 3 amide bonds. The van der Waals surface area contributed by atoms with Gasteiger partial charge in [-0.1, -0.05) is 52.3 Å². The molecular weight excluding hydrogens is 560 g/mol. The molecule has 3 heterocycles. The molecule has 2 saturated heterocycles. The van der Waals surface area contributed by atoms with Crippen molar-refractivity contribution in [3.8, 4) is 0 Å². The molecule has 0 bridgehead atoms. The topological polar surface area (TPSA) is 113 Å². The maximum atomic E-state index is 13.9. The van der Waals surface area contributed by atoms with Crippen molar-refractivity contribution in [1.82, 2.24) is 20.3 Å². The van der Waals surface area contributed by atoms with Crippen molar-refractivity contribution in [3.63, 3.8) is 0 Å². The molecule has 10 heteroatoms. The van der Waals surface area contributed by atoms with E-state index in [9.17, 15) is 14.4 Å². The number of nitrogens with zero attached hydrogens (tertiary/aromatic N) is 2. The molecular formula is C34H52N4O6. The fraction of sp³-hybridized carbons (Fsp3) is 0.676. The Morgan fingerprint density at radius 1 is 1.07 bits per heavy atom. The van der Waals surface area contributed by atoms with Gasteiger partial charge >= 0.3 is 0 Å². The molecule has 2 aromatic rings. The largest absolute Gasteiger partial charge is 0.381 e. The van der Waals surface area contributed by atoms with Gasteiger partial charge in [-0.05, 0) is 49.1 Å². The van der Waals surface area contributed by atoms with Gasteiger partial charge < -0.3 is 24.7 Å². The summed E-state index contributed by atoms with van der Waals surface area (Å²) in [6.45, 7) is 9.90. The van der Waals surface area contributed by atoms with Gasteiger partial charge in [-0.25, -0.2) is 5.06 Å². The quantitative estimate of drug-likeness (QED) is 0.325. The van der Waals surface area contributed by atoms with E-state index in [1.165, 1.54) is 5.06 Å². The van der Waals surface area contributed by atoms with Crippen LogP contribution in [0.15, 0.2) is 30.5 Å². The van der Waals surface area contributed by atoms with Crippen LogP contribution in [0.1, 0.15) is 71.8 Å². The van der Waals surface area contributed by atoms with Gasteiger partial charge in [0.15, 0.2) is 0 Å². The lowest BCUT2D eigenvalue weighted by Gasteiger charge is -2.36. The number of nitrogens with one attached hydrogen (secondary N) is 2. The number of rotatable bonds is 14. The second kappa shape index (κ2) is 15.9. The van der Waals surface area contributed by atoms with E-state index in [4.69, 9.17) is 14.3 Å². The zero-order chi connectivity index (χ0) is 31.8. The summed E-state index contributed by atoms with van der Waals surface area (Å²) in [5.74, 6) is -0.439. The van der Waals surface area contributed by atoms with Crippen LogP contribution in [0.3, 0.4) is 0 Å². The molecule has 0 radical (unpaired) electrons. The van der Waals surface area contributed by atoms with Gasteiger partial charge in [0, 0.05) is 50.8 Å². The van der Waals surface area contributed by atoms with Gasteiger partial charge in [0.1, 0.15) is 6.04 Å². The number of ether oxygens (including phenoxy) is 2. The average molecular weight is 613 g/mol. The first-order chi connectivity index (χ1) is 21.2. The number of hydrogen-bond donors (Lipinski definition) is 2. The summed E-state index contributed by atoms with van der Waals surface area (Å²) < 4.78 is 11.7. The minimum Gasteiger partial charge on any atom is -0.381 e. The molecule has 0 spiro atoms. The summed E-state index contributed by atoms with van der Waals surface area (Å²) >= 11 is 0. The van der Waals surface area contributed by atoms with Crippen LogP contribution in [-0.4, -0.2) is 90.9 Å².